The van der Waals surface area contributed by atoms with Crippen molar-refractivity contribution in [2.24, 2.45) is 0 Å². The van der Waals surface area contributed by atoms with Crippen LogP contribution in [0.4, 0.5) is 4.79 Å². The lowest BCUT2D eigenvalue weighted by Crippen LogP contribution is -2.49. The monoisotopic (exact) mass is 448 g/mol. The van der Waals surface area contributed by atoms with Crippen LogP contribution in [-0.2, 0) is 14.8 Å². The number of carbonyl (C=O) groups is 1. The Labute approximate surface area is 184 Å². The zero-order chi connectivity index (χ0) is 22.2. The summed E-state index contributed by atoms with van der Waals surface area (Å²) >= 11 is 0. The average Bonchev–Trinajstić information content (AvgIpc) is 3.22. The summed E-state index contributed by atoms with van der Waals surface area (Å²) in [5.41, 5.74) is 1.57. The van der Waals surface area contributed by atoms with Crippen molar-refractivity contribution in [2.45, 2.75) is 63.2 Å². The number of hydrogen-bond acceptors (Lipinski definition) is 5. The zero-order valence-electron chi connectivity index (χ0n) is 18.5. The van der Waals surface area contributed by atoms with Crippen molar-refractivity contribution < 1.29 is 17.9 Å². The van der Waals surface area contributed by atoms with Crippen molar-refractivity contribution >= 4 is 27.1 Å². The predicted octanol–water partition coefficient (Wildman–Crippen LogP) is 3.47. The number of pyridine rings is 1. The molecule has 0 atom stereocenters. The Hall–Kier alpha value is -2.13. The summed E-state index contributed by atoms with van der Waals surface area (Å²) in [6.07, 6.45) is 5.87. The fourth-order valence-electron chi connectivity index (χ4n) is 4.63. The molecule has 1 amide bonds. The highest BCUT2D eigenvalue weighted by atomic mass is 32.2. The number of hydrogen-bond donors (Lipinski definition) is 1. The molecule has 2 aliphatic rings. The van der Waals surface area contributed by atoms with E-state index in [4.69, 9.17) is 4.74 Å². The normalized spacial score (nSPS) is 20.3. The van der Waals surface area contributed by atoms with E-state index in [9.17, 15) is 13.2 Å². The molecule has 4 rings (SSSR count). The Morgan fingerprint density at radius 3 is 2.42 bits per heavy atom. The molecular formula is C22H32N4O4S. The third kappa shape index (κ3) is 4.72. The van der Waals surface area contributed by atoms with E-state index in [1.54, 1.807) is 9.21 Å². The number of H-pyrrole nitrogens is 1. The Kier molecular flexibility index (Phi) is 6.00. The van der Waals surface area contributed by atoms with Crippen LogP contribution >= 0.6 is 0 Å². The first-order valence-electron chi connectivity index (χ1n) is 11.0. The van der Waals surface area contributed by atoms with E-state index in [0.29, 0.717) is 44.9 Å². The summed E-state index contributed by atoms with van der Waals surface area (Å²) in [7, 11) is -3.37. The minimum absolute atomic E-state index is 0.335. The molecule has 0 radical (unpaired) electrons. The van der Waals surface area contributed by atoms with Gasteiger partial charge < -0.3 is 14.6 Å². The van der Waals surface area contributed by atoms with Crippen LogP contribution in [0.1, 0.15) is 57.9 Å². The third-order valence-electron chi connectivity index (χ3n) is 6.26. The molecule has 0 aliphatic carbocycles. The van der Waals surface area contributed by atoms with Crippen LogP contribution in [0.5, 0.6) is 0 Å². The molecule has 8 nitrogen and oxygen atoms in total. The second-order valence-corrected chi connectivity index (χ2v) is 11.7. The molecule has 2 saturated heterocycles. The molecule has 4 heterocycles. The number of carbonyl (C=O) groups excluding carboxylic acids is 1. The first-order valence-corrected chi connectivity index (χ1v) is 12.5. The van der Waals surface area contributed by atoms with Crippen LogP contribution in [0.3, 0.4) is 0 Å². The number of fused-ring (bicyclic) bond motifs is 1. The number of aromatic amines is 1. The number of sulfonamides is 1. The zero-order valence-corrected chi connectivity index (χ0v) is 19.3. The van der Waals surface area contributed by atoms with Crippen molar-refractivity contribution in [1.82, 2.24) is 19.2 Å². The van der Waals surface area contributed by atoms with Gasteiger partial charge in [-0.1, -0.05) is 0 Å². The van der Waals surface area contributed by atoms with Gasteiger partial charge in [0.1, 0.15) is 11.2 Å². The van der Waals surface area contributed by atoms with Crippen LogP contribution in [-0.4, -0.2) is 70.7 Å². The minimum Gasteiger partial charge on any atom is -0.444 e. The Balaban J connectivity index is 1.34. The molecular weight excluding hydrogens is 416 g/mol. The summed E-state index contributed by atoms with van der Waals surface area (Å²) in [4.78, 5) is 21.4. The van der Waals surface area contributed by atoms with Crippen LogP contribution in [0, 0.1) is 0 Å². The fraction of sp³-hybridized carbons (Fsp3) is 0.636. The van der Waals surface area contributed by atoms with E-state index in [0.717, 1.165) is 23.9 Å². The van der Waals surface area contributed by atoms with Gasteiger partial charge in [-0.2, -0.15) is 0 Å². The summed E-state index contributed by atoms with van der Waals surface area (Å²) < 4.78 is 33.5. The van der Waals surface area contributed by atoms with Crippen molar-refractivity contribution in [3.8, 4) is 0 Å². The quantitative estimate of drug-likeness (QED) is 0.776. The molecule has 9 heteroatoms. The average molecular weight is 449 g/mol. The first-order chi connectivity index (χ1) is 14.6. The standard InChI is InChI=1S/C22H32N4O4S/c1-22(2,3)30-21(27)25-12-8-17(9-13-25)31(28,29)26-14-6-16(7-15-26)18-4-10-23-20-19(18)5-11-24-20/h4-5,10-11,16-17H,6-9,12-15H2,1-3H3,(H,23,24). The van der Waals surface area contributed by atoms with Crippen molar-refractivity contribution in [1.29, 1.82) is 0 Å². The third-order valence-corrected chi connectivity index (χ3v) is 8.66. The molecule has 0 unspecified atom stereocenters. The SMILES string of the molecule is CC(C)(C)OC(=O)N1CCC(S(=O)(=O)N2CCC(c3ccnc4[nH]ccc34)CC2)CC1. The predicted molar refractivity (Wildman–Crippen MR) is 119 cm³/mol. The minimum atomic E-state index is -3.37. The van der Waals surface area contributed by atoms with Crippen LogP contribution in [0.25, 0.3) is 11.0 Å². The molecule has 0 bridgehead atoms. The molecule has 1 N–H and O–H groups in total. The van der Waals surface area contributed by atoms with Gasteiger partial charge >= 0.3 is 6.09 Å². The van der Waals surface area contributed by atoms with Gasteiger partial charge in [0.2, 0.25) is 10.0 Å². The smallest absolute Gasteiger partial charge is 0.410 e. The molecule has 0 saturated carbocycles. The molecule has 0 spiro atoms. The van der Waals surface area contributed by atoms with E-state index >= 15 is 0 Å². The van der Waals surface area contributed by atoms with Gasteiger partial charge in [-0.3, -0.25) is 0 Å². The van der Waals surface area contributed by atoms with Gasteiger partial charge in [-0.05, 0) is 70.1 Å². The summed E-state index contributed by atoms with van der Waals surface area (Å²) in [5, 5.41) is 0.693. The molecule has 0 aromatic carbocycles. The Bertz CT molecular complexity index is 1030. The van der Waals surface area contributed by atoms with Gasteiger partial charge in [0.15, 0.2) is 0 Å². The number of likely N-dealkylation sites (tertiary alicyclic amines) is 1. The largest absolute Gasteiger partial charge is 0.444 e. The van der Waals surface area contributed by atoms with Gasteiger partial charge in [-0.15, -0.1) is 0 Å². The molecule has 2 aliphatic heterocycles. The van der Waals surface area contributed by atoms with Crippen LogP contribution in [0.2, 0.25) is 0 Å². The van der Waals surface area contributed by atoms with Crippen molar-refractivity contribution in [3.63, 3.8) is 0 Å². The second kappa shape index (κ2) is 8.43. The van der Waals surface area contributed by atoms with E-state index < -0.39 is 20.9 Å². The highest BCUT2D eigenvalue weighted by Gasteiger charge is 2.38. The number of piperidine rings is 2. The maximum atomic E-state index is 13.2. The lowest BCUT2D eigenvalue weighted by atomic mass is 9.89. The maximum Gasteiger partial charge on any atom is 0.410 e. The number of nitrogens with zero attached hydrogens (tertiary/aromatic N) is 3. The second-order valence-electron chi connectivity index (χ2n) is 9.53. The molecule has 2 aromatic heterocycles. The van der Waals surface area contributed by atoms with Crippen molar-refractivity contribution in [2.75, 3.05) is 26.2 Å². The molecule has 31 heavy (non-hydrogen) atoms. The van der Waals surface area contributed by atoms with Gasteiger partial charge in [0.25, 0.3) is 0 Å². The number of aromatic nitrogens is 2. The number of rotatable bonds is 3. The molecule has 2 aromatic rings. The lowest BCUT2D eigenvalue weighted by Gasteiger charge is -2.37. The molecule has 2 fully saturated rings. The summed E-state index contributed by atoms with van der Waals surface area (Å²) in [6.45, 7) is 7.40. The van der Waals surface area contributed by atoms with Gasteiger partial charge in [-0.25, -0.2) is 22.5 Å². The van der Waals surface area contributed by atoms with Gasteiger partial charge in [0, 0.05) is 44.0 Å². The highest BCUT2D eigenvalue weighted by molar-refractivity contribution is 7.89. The number of ether oxygens (including phenoxy) is 1. The Morgan fingerprint density at radius 2 is 1.77 bits per heavy atom. The topological polar surface area (TPSA) is 95.6 Å². The van der Waals surface area contributed by atoms with E-state index in [-0.39, 0.29) is 6.09 Å². The summed E-state index contributed by atoms with van der Waals surface area (Å²) in [6, 6.07) is 4.09. The van der Waals surface area contributed by atoms with E-state index in [1.165, 1.54) is 5.56 Å². The van der Waals surface area contributed by atoms with E-state index in [2.05, 4.69) is 16.0 Å². The highest BCUT2D eigenvalue weighted by Crippen LogP contribution is 2.34. The maximum absolute atomic E-state index is 13.2. The number of amides is 1. The Morgan fingerprint density at radius 1 is 1.10 bits per heavy atom. The van der Waals surface area contributed by atoms with Gasteiger partial charge in [0.05, 0.1) is 5.25 Å². The molecule has 170 valence electrons. The summed E-state index contributed by atoms with van der Waals surface area (Å²) in [5.74, 6) is 0.335. The fourth-order valence-corrected chi connectivity index (χ4v) is 6.58. The lowest BCUT2D eigenvalue weighted by molar-refractivity contribution is 0.0216. The van der Waals surface area contributed by atoms with Crippen LogP contribution in [0.15, 0.2) is 24.5 Å². The van der Waals surface area contributed by atoms with Crippen LogP contribution < -0.4 is 0 Å². The van der Waals surface area contributed by atoms with E-state index in [1.807, 2.05) is 39.2 Å². The van der Waals surface area contributed by atoms with Crippen molar-refractivity contribution in [3.05, 3.63) is 30.1 Å². The first kappa shape index (κ1) is 22.1. The number of nitrogens with one attached hydrogen (secondary N) is 1.